The Morgan fingerprint density at radius 3 is 2.58 bits per heavy atom. The van der Waals surface area contributed by atoms with Crippen molar-refractivity contribution in [3.63, 3.8) is 0 Å². The largest absolute Gasteiger partial charge is 0.326 e. The summed E-state index contributed by atoms with van der Waals surface area (Å²) in [6, 6.07) is 16.4. The number of hydrogen-bond acceptors (Lipinski definition) is 3. The average Bonchev–Trinajstić information content (AvgIpc) is 2.66. The molecule has 0 heterocycles. The SMILES string of the molecule is CCCCCCC(=O)Nc1cccc(C(=O)NN=Cc2ccccc2)c1. The lowest BCUT2D eigenvalue weighted by Crippen LogP contribution is -2.18. The van der Waals surface area contributed by atoms with Crippen LogP contribution in [-0.2, 0) is 4.79 Å². The molecule has 136 valence electrons. The predicted octanol–water partition coefficient (Wildman–Crippen LogP) is 4.36. The molecule has 2 aromatic rings. The third-order valence-electron chi connectivity index (χ3n) is 3.85. The summed E-state index contributed by atoms with van der Waals surface area (Å²) < 4.78 is 0. The van der Waals surface area contributed by atoms with E-state index in [1.165, 1.54) is 0 Å². The van der Waals surface area contributed by atoms with Gasteiger partial charge in [-0.3, -0.25) is 9.59 Å². The molecule has 5 nitrogen and oxygen atoms in total. The van der Waals surface area contributed by atoms with Gasteiger partial charge >= 0.3 is 0 Å². The molecule has 0 unspecified atom stereocenters. The Labute approximate surface area is 154 Å². The minimum atomic E-state index is -0.323. The van der Waals surface area contributed by atoms with Crippen molar-refractivity contribution in [1.82, 2.24) is 5.43 Å². The molecule has 0 radical (unpaired) electrons. The van der Waals surface area contributed by atoms with Crippen LogP contribution >= 0.6 is 0 Å². The van der Waals surface area contributed by atoms with Crippen LogP contribution in [0.5, 0.6) is 0 Å². The number of amides is 2. The van der Waals surface area contributed by atoms with Gasteiger partial charge in [0.2, 0.25) is 5.91 Å². The third-order valence-corrected chi connectivity index (χ3v) is 3.85. The maximum Gasteiger partial charge on any atom is 0.271 e. The first kappa shape index (κ1) is 19.4. The summed E-state index contributed by atoms with van der Waals surface area (Å²) in [7, 11) is 0. The number of carbonyl (C=O) groups is 2. The Morgan fingerprint density at radius 2 is 1.81 bits per heavy atom. The van der Waals surface area contributed by atoms with Crippen molar-refractivity contribution in [1.29, 1.82) is 0 Å². The second-order valence-corrected chi connectivity index (χ2v) is 6.05. The van der Waals surface area contributed by atoms with Gasteiger partial charge in [0, 0.05) is 17.7 Å². The number of anilines is 1. The van der Waals surface area contributed by atoms with Crippen molar-refractivity contribution in [3.05, 3.63) is 65.7 Å². The van der Waals surface area contributed by atoms with Gasteiger partial charge in [-0.1, -0.05) is 62.6 Å². The van der Waals surface area contributed by atoms with Crippen LogP contribution in [0.4, 0.5) is 5.69 Å². The zero-order valence-corrected chi connectivity index (χ0v) is 15.1. The molecule has 0 aliphatic rings. The molecule has 26 heavy (non-hydrogen) atoms. The van der Waals surface area contributed by atoms with Crippen molar-refractivity contribution >= 4 is 23.7 Å². The van der Waals surface area contributed by atoms with Crippen molar-refractivity contribution in [2.45, 2.75) is 39.0 Å². The van der Waals surface area contributed by atoms with E-state index in [-0.39, 0.29) is 11.8 Å². The fourth-order valence-electron chi connectivity index (χ4n) is 2.44. The first-order valence-electron chi connectivity index (χ1n) is 8.97. The lowest BCUT2D eigenvalue weighted by molar-refractivity contribution is -0.116. The second-order valence-electron chi connectivity index (χ2n) is 6.05. The molecule has 2 amide bonds. The summed E-state index contributed by atoms with van der Waals surface area (Å²) in [5, 5.41) is 6.79. The van der Waals surface area contributed by atoms with Crippen LogP contribution in [0, 0.1) is 0 Å². The van der Waals surface area contributed by atoms with Gasteiger partial charge in [0.05, 0.1) is 6.21 Å². The van der Waals surface area contributed by atoms with Crippen LogP contribution in [0.25, 0.3) is 0 Å². The molecule has 0 spiro atoms. The third kappa shape index (κ3) is 6.89. The van der Waals surface area contributed by atoms with Crippen LogP contribution < -0.4 is 10.7 Å². The van der Waals surface area contributed by atoms with Gasteiger partial charge < -0.3 is 5.32 Å². The van der Waals surface area contributed by atoms with Crippen LogP contribution in [0.15, 0.2) is 59.7 Å². The van der Waals surface area contributed by atoms with Gasteiger partial charge in [-0.25, -0.2) is 5.43 Å². The number of hydrogen-bond donors (Lipinski definition) is 2. The Bertz CT molecular complexity index is 742. The van der Waals surface area contributed by atoms with Crippen molar-refractivity contribution < 1.29 is 9.59 Å². The number of rotatable bonds is 9. The monoisotopic (exact) mass is 351 g/mol. The molecule has 0 atom stereocenters. The first-order chi connectivity index (χ1) is 12.7. The van der Waals surface area contributed by atoms with E-state index in [9.17, 15) is 9.59 Å². The van der Waals surface area contributed by atoms with Crippen LogP contribution in [0.2, 0.25) is 0 Å². The standard InChI is InChI=1S/C21H25N3O2/c1-2-3-4-8-14-20(25)23-19-13-9-12-18(15-19)21(26)24-22-16-17-10-6-5-7-11-17/h5-7,9-13,15-16H,2-4,8,14H2,1H3,(H,23,25)(H,24,26). The summed E-state index contributed by atoms with van der Waals surface area (Å²) in [5.41, 5.74) is 4.45. The zero-order chi connectivity index (χ0) is 18.6. The molecule has 0 bridgehead atoms. The number of nitrogens with one attached hydrogen (secondary N) is 2. The van der Waals surface area contributed by atoms with Crippen molar-refractivity contribution in [2.75, 3.05) is 5.32 Å². The lowest BCUT2D eigenvalue weighted by Gasteiger charge is -2.07. The molecule has 0 aliphatic heterocycles. The molecule has 2 rings (SSSR count). The number of unbranched alkanes of at least 4 members (excludes halogenated alkanes) is 3. The number of hydrazone groups is 1. The van der Waals surface area contributed by atoms with E-state index < -0.39 is 0 Å². The smallest absolute Gasteiger partial charge is 0.271 e. The number of nitrogens with zero attached hydrogens (tertiary/aromatic N) is 1. The fraction of sp³-hybridized carbons (Fsp3) is 0.286. The van der Waals surface area contributed by atoms with E-state index in [2.05, 4.69) is 22.8 Å². The molecule has 2 aromatic carbocycles. The summed E-state index contributed by atoms with van der Waals surface area (Å²) >= 11 is 0. The normalized spacial score (nSPS) is 10.7. The van der Waals surface area contributed by atoms with Gasteiger partial charge in [-0.2, -0.15) is 5.10 Å². The van der Waals surface area contributed by atoms with E-state index in [0.717, 1.165) is 31.2 Å². The van der Waals surface area contributed by atoms with E-state index in [1.54, 1.807) is 30.5 Å². The molecule has 0 aromatic heterocycles. The van der Waals surface area contributed by atoms with Gasteiger partial charge in [-0.15, -0.1) is 0 Å². The summed E-state index contributed by atoms with van der Waals surface area (Å²) in [6.45, 7) is 2.14. The fourth-order valence-corrected chi connectivity index (χ4v) is 2.44. The lowest BCUT2D eigenvalue weighted by atomic mass is 10.1. The predicted molar refractivity (Wildman–Crippen MR) is 105 cm³/mol. The van der Waals surface area contributed by atoms with E-state index >= 15 is 0 Å². The van der Waals surface area contributed by atoms with Gasteiger partial charge in [0.1, 0.15) is 0 Å². The Balaban J connectivity index is 1.86. The molecule has 5 heteroatoms. The quantitative estimate of drug-likeness (QED) is 0.400. The zero-order valence-electron chi connectivity index (χ0n) is 15.1. The van der Waals surface area contributed by atoms with E-state index in [0.29, 0.717) is 17.7 Å². The minimum Gasteiger partial charge on any atom is -0.326 e. The second kappa shape index (κ2) is 10.8. The topological polar surface area (TPSA) is 70.6 Å². The Morgan fingerprint density at radius 1 is 1.00 bits per heavy atom. The molecule has 0 fully saturated rings. The van der Waals surface area contributed by atoms with Crippen molar-refractivity contribution in [2.24, 2.45) is 5.10 Å². The van der Waals surface area contributed by atoms with Gasteiger partial charge in [-0.05, 0) is 30.2 Å². The highest BCUT2D eigenvalue weighted by Gasteiger charge is 2.07. The molecule has 0 saturated carbocycles. The number of benzene rings is 2. The maximum absolute atomic E-state index is 12.2. The van der Waals surface area contributed by atoms with Gasteiger partial charge in [0.25, 0.3) is 5.91 Å². The average molecular weight is 351 g/mol. The first-order valence-corrected chi connectivity index (χ1v) is 8.97. The summed E-state index contributed by atoms with van der Waals surface area (Å²) in [6.07, 6.45) is 6.31. The van der Waals surface area contributed by atoms with Crippen LogP contribution in [-0.4, -0.2) is 18.0 Å². The summed E-state index contributed by atoms with van der Waals surface area (Å²) in [4.78, 5) is 24.1. The highest BCUT2D eigenvalue weighted by molar-refractivity contribution is 5.97. The van der Waals surface area contributed by atoms with E-state index in [1.807, 2.05) is 30.3 Å². The highest BCUT2D eigenvalue weighted by atomic mass is 16.2. The summed E-state index contributed by atoms with van der Waals surface area (Å²) in [5.74, 6) is -0.350. The molecular formula is C21H25N3O2. The Hall–Kier alpha value is -2.95. The molecular weight excluding hydrogens is 326 g/mol. The highest BCUT2D eigenvalue weighted by Crippen LogP contribution is 2.12. The maximum atomic E-state index is 12.2. The molecule has 0 aliphatic carbocycles. The minimum absolute atomic E-state index is 0.0271. The van der Waals surface area contributed by atoms with E-state index in [4.69, 9.17) is 0 Å². The van der Waals surface area contributed by atoms with Crippen LogP contribution in [0.3, 0.4) is 0 Å². The van der Waals surface area contributed by atoms with Crippen molar-refractivity contribution in [3.8, 4) is 0 Å². The Kier molecular flexibility index (Phi) is 8.06. The number of carbonyl (C=O) groups excluding carboxylic acids is 2. The molecule has 2 N–H and O–H groups in total. The van der Waals surface area contributed by atoms with Gasteiger partial charge in [0.15, 0.2) is 0 Å². The van der Waals surface area contributed by atoms with Crippen LogP contribution in [0.1, 0.15) is 54.9 Å². The molecule has 0 saturated heterocycles.